The predicted molar refractivity (Wildman–Crippen MR) is 103 cm³/mol. The average Bonchev–Trinajstić information content (AvgIpc) is 2.93. The smallest absolute Gasteiger partial charge is 0.342 e. The molecule has 0 fully saturated rings. The molecule has 8 heteroatoms. The first-order chi connectivity index (χ1) is 13.2. The molecule has 1 heterocycles. The van der Waals surface area contributed by atoms with E-state index in [4.69, 9.17) is 14.9 Å². The Morgan fingerprint density at radius 3 is 2.36 bits per heavy atom. The first kappa shape index (κ1) is 21.2. The van der Waals surface area contributed by atoms with Crippen molar-refractivity contribution in [2.45, 2.75) is 27.3 Å². The second-order valence-electron chi connectivity index (χ2n) is 6.67. The Morgan fingerprint density at radius 2 is 1.79 bits per heavy atom. The molecule has 1 atom stereocenters. The number of rotatable bonds is 8. The van der Waals surface area contributed by atoms with Crippen molar-refractivity contribution in [3.63, 3.8) is 0 Å². The number of nitrogens with one attached hydrogen (secondary N) is 2. The Bertz CT molecular complexity index is 871. The Labute approximate surface area is 163 Å². The van der Waals surface area contributed by atoms with Crippen LogP contribution in [0.3, 0.4) is 0 Å². The van der Waals surface area contributed by atoms with Crippen molar-refractivity contribution in [2.75, 3.05) is 25.5 Å². The van der Waals surface area contributed by atoms with Gasteiger partial charge in [-0.15, -0.1) is 0 Å². The van der Waals surface area contributed by atoms with Crippen LogP contribution in [-0.4, -0.2) is 38.0 Å². The van der Waals surface area contributed by atoms with Crippen LogP contribution in [-0.2, 0) is 16.1 Å². The highest BCUT2D eigenvalue weighted by atomic mass is 16.5. The standard InChI is InChI=1S/C20H25N3O5/c1-5-27-20(26)16-13(3)28-19(17(16)18(21)25)22-15(24)11-23(4)10-14-8-6-12(2)7-9-14/h6-9H,5,10-11H2,1-4H3,(H2,21,25)(H,22,24)/p+1. The fraction of sp³-hybridized carbons (Fsp3) is 0.350. The van der Waals surface area contributed by atoms with Gasteiger partial charge in [0, 0.05) is 5.56 Å². The molecule has 0 saturated heterocycles. The molecule has 0 bridgehead atoms. The van der Waals surface area contributed by atoms with Gasteiger partial charge in [-0.2, -0.15) is 0 Å². The van der Waals surface area contributed by atoms with E-state index >= 15 is 0 Å². The molecule has 4 N–H and O–H groups in total. The van der Waals surface area contributed by atoms with Crippen LogP contribution >= 0.6 is 0 Å². The van der Waals surface area contributed by atoms with Gasteiger partial charge in [0.05, 0.1) is 13.7 Å². The lowest BCUT2D eigenvalue weighted by atomic mass is 10.1. The van der Waals surface area contributed by atoms with Gasteiger partial charge < -0.3 is 19.8 Å². The molecule has 8 nitrogen and oxygen atoms in total. The van der Waals surface area contributed by atoms with Crippen LogP contribution in [0, 0.1) is 13.8 Å². The van der Waals surface area contributed by atoms with E-state index in [0.717, 1.165) is 10.5 Å². The number of primary amides is 1. The zero-order valence-electron chi connectivity index (χ0n) is 16.5. The first-order valence-electron chi connectivity index (χ1n) is 8.99. The van der Waals surface area contributed by atoms with E-state index in [1.54, 1.807) is 6.92 Å². The maximum absolute atomic E-state index is 12.4. The number of carbonyl (C=O) groups is 3. The van der Waals surface area contributed by atoms with E-state index in [1.807, 2.05) is 38.2 Å². The number of esters is 1. The van der Waals surface area contributed by atoms with Crippen molar-refractivity contribution >= 4 is 23.7 Å². The van der Waals surface area contributed by atoms with E-state index in [9.17, 15) is 14.4 Å². The highest BCUT2D eigenvalue weighted by molar-refractivity contribution is 6.10. The number of ether oxygens (including phenoxy) is 1. The summed E-state index contributed by atoms with van der Waals surface area (Å²) in [5, 5.41) is 2.54. The molecule has 28 heavy (non-hydrogen) atoms. The van der Waals surface area contributed by atoms with Gasteiger partial charge in [-0.25, -0.2) is 4.79 Å². The normalized spacial score (nSPS) is 11.7. The van der Waals surface area contributed by atoms with Crippen LogP contribution in [0.4, 0.5) is 5.88 Å². The fourth-order valence-corrected chi connectivity index (χ4v) is 2.88. The fourth-order valence-electron chi connectivity index (χ4n) is 2.88. The number of nitrogens with two attached hydrogens (primary N) is 1. The van der Waals surface area contributed by atoms with E-state index in [0.29, 0.717) is 6.54 Å². The topological polar surface area (TPSA) is 116 Å². The third-order valence-corrected chi connectivity index (χ3v) is 4.15. The van der Waals surface area contributed by atoms with Gasteiger partial charge >= 0.3 is 5.97 Å². The lowest BCUT2D eigenvalue weighted by Gasteiger charge is -2.13. The minimum atomic E-state index is -0.879. The third kappa shape index (κ3) is 5.20. The SMILES string of the molecule is CCOC(=O)c1c(C)oc(NC(=O)C[NH+](C)Cc2ccc(C)cc2)c1C(N)=O. The quantitative estimate of drug-likeness (QED) is 0.579. The Kier molecular flexibility index (Phi) is 6.94. The summed E-state index contributed by atoms with van der Waals surface area (Å²) in [6.45, 7) is 6.09. The van der Waals surface area contributed by atoms with Crippen LogP contribution in [0.15, 0.2) is 28.7 Å². The summed E-state index contributed by atoms with van der Waals surface area (Å²) in [4.78, 5) is 37.3. The zero-order valence-corrected chi connectivity index (χ0v) is 16.5. The molecule has 0 saturated carbocycles. The van der Waals surface area contributed by atoms with Crippen molar-refractivity contribution in [1.82, 2.24) is 0 Å². The molecule has 1 aromatic heterocycles. The summed E-state index contributed by atoms with van der Waals surface area (Å²) in [5.41, 5.74) is 7.42. The molecule has 0 spiro atoms. The van der Waals surface area contributed by atoms with Gasteiger partial charge in [-0.1, -0.05) is 29.8 Å². The molecule has 150 valence electrons. The van der Waals surface area contributed by atoms with Gasteiger partial charge in [0.1, 0.15) is 23.4 Å². The molecule has 0 aliphatic rings. The van der Waals surface area contributed by atoms with Gasteiger partial charge in [-0.3, -0.25) is 14.9 Å². The van der Waals surface area contributed by atoms with Crippen molar-refractivity contribution in [3.05, 3.63) is 52.3 Å². The summed E-state index contributed by atoms with van der Waals surface area (Å²) in [6.07, 6.45) is 0. The Balaban J connectivity index is 2.10. The van der Waals surface area contributed by atoms with Crippen LogP contribution in [0.2, 0.25) is 0 Å². The summed E-state index contributed by atoms with van der Waals surface area (Å²) in [6, 6.07) is 8.07. The molecule has 0 aliphatic heterocycles. The van der Waals surface area contributed by atoms with Crippen LogP contribution in [0.5, 0.6) is 0 Å². The van der Waals surface area contributed by atoms with Gasteiger partial charge in [0.2, 0.25) is 5.88 Å². The molecule has 0 aliphatic carbocycles. The van der Waals surface area contributed by atoms with E-state index in [1.165, 1.54) is 12.5 Å². The van der Waals surface area contributed by atoms with Crippen LogP contribution < -0.4 is 16.0 Å². The van der Waals surface area contributed by atoms with E-state index < -0.39 is 11.9 Å². The number of hydrogen-bond acceptors (Lipinski definition) is 5. The number of likely N-dealkylation sites (N-methyl/N-ethyl adjacent to an activating group) is 1. The summed E-state index contributed by atoms with van der Waals surface area (Å²) in [7, 11) is 1.88. The number of benzene rings is 1. The molecule has 2 aromatic rings. The number of carbonyl (C=O) groups excluding carboxylic acids is 3. The zero-order chi connectivity index (χ0) is 20.8. The number of aryl methyl sites for hydroxylation is 2. The van der Waals surface area contributed by atoms with Crippen molar-refractivity contribution in [1.29, 1.82) is 0 Å². The van der Waals surface area contributed by atoms with Gasteiger partial charge in [-0.05, 0) is 20.8 Å². The molecule has 2 rings (SSSR count). The van der Waals surface area contributed by atoms with Gasteiger partial charge in [0.25, 0.3) is 11.8 Å². The lowest BCUT2D eigenvalue weighted by molar-refractivity contribution is -0.885. The first-order valence-corrected chi connectivity index (χ1v) is 8.99. The minimum Gasteiger partial charge on any atom is -0.462 e. The Hall–Kier alpha value is -3.13. The highest BCUT2D eigenvalue weighted by Crippen LogP contribution is 2.27. The maximum Gasteiger partial charge on any atom is 0.342 e. The molecule has 0 radical (unpaired) electrons. The largest absolute Gasteiger partial charge is 0.462 e. The molecular weight excluding hydrogens is 362 g/mol. The van der Waals surface area contributed by atoms with Crippen molar-refractivity contribution < 1.29 is 28.4 Å². The number of anilines is 1. The average molecular weight is 388 g/mol. The molecular formula is C20H26N3O5+. The summed E-state index contributed by atoms with van der Waals surface area (Å²) < 4.78 is 10.3. The lowest BCUT2D eigenvalue weighted by Crippen LogP contribution is -3.08. The van der Waals surface area contributed by atoms with Crippen molar-refractivity contribution in [3.8, 4) is 0 Å². The summed E-state index contributed by atoms with van der Waals surface area (Å²) in [5.74, 6) is -1.95. The van der Waals surface area contributed by atoms with E-state index in [-0.39, 0.29) is 41.8 Å². The second kappa shape index (κ2) is 9.18. The van der Waals surface area contributed by atoms with Crippen LogP contribution in [0.25, 0.3) is 0 Å². The Morgan fingerprint density at radius 1 is 1.14 bits per heavy atom. The monoisotopic (exact) mass is 388 g/mol. The number of amides is 2. The predicted octanol–water partition coefficient (Wildman–Crippen LogP) is 0.825. The third-order valence-electron chi connectivity index (χ3n) is 4.15. The highest BCUT2D eigenvalue weighted by Gasteiger charge is 2.29. The maximum atomic E-state index is 12.4. The molecule has 1 unspecified atom stereocenters. The number of hydrogen-bond donors (Lipinski definition) is 3. The second-order valence-corrected chi connectivity index (χ2v) is 6.67. The molecule has 1 aromatic carbocycles. The van der Waals surface area contributed by atoms with Gasteiger partial charge in [0.15, 0.2) is 6.54 Å². The summed E-state index contributed by atoms with van der Waals surface area (Å²) >= 11 is 0. The minimum absolute atomic E-state index is 0.0648. The van der Waals surface area contributed by atoms with Crippen LogP contribution in [0.1, 0.15) is 44.5 Å². The van der Waals surface area contributed by atoms with Crippen molar-refractivity contribution in [2.24, 2.45) is 5.73 Å². The van der Waals surface area contributed by atoms with E-state index in [2.05, 4.69) is 5.32 Å². The number of furan rings is 1. The molecule has 2 amide bonds. The number of quaternary nitrogens is 1.